The predicted molar refractivity (Wildman–Crippen MR) is 58.6 cm³/mol. The molecule has 0 aromatic carbocycles. The van der Waals surface area contributed by atoms with Gasteiger partial charge in [0.25, 0.3) is 0 Å². The number of hydrogen-bond acceptors (Lipinski definition) is 3. The van der Waals surface area contributed by atoms with Crippen molar-refractivity contribution in [3.63, 3.8) is 0 Å². The Hall–Kier alpha value is -0.570. The molecule has 0 aromatic heterocycles. The van der Waals surface area contributed by atoms with Gasteiger partial charge in [-0.15, -0.1) is 0 Å². The lowest BCUT2D eigenvalue weighted by Crippen LogP contribution is -2.11. The Bertz CT molecular complexity index is 174. The maximum Gasteiger partial charge on any atom is 0.305 e. The third-order valence-electron chi connectivity index (χ3n) is 2.93. The fourth-order valence-corrected chi connectivity index (χ4v) is 2.05. The Morgan fingerprint density at radius 1 is 1.27 bits per heavy atom. The van der Waals surface area contributed by atoms with Crippen LogP contribution in [0.2, 0.25) is 0 Å². The summed E-state index contributed by atoms with van der Waals surface area (Å²) >= 11 is 0. The summed E-state index contributed by atoms with van der Waals surface area (Å²) in [4.78, 5) is 11.3. The van der Waals surface area contributed by atoms with Gasteiger partial charge in [-0.25, -0.2) is 0 Å². The minimum Gasteiger partial charge on any atom is -0.463 e. The van der Waals surface area contributed by atoms with E-state index in [9.17, 15) is 4.79 Å². The molecule has 0 aliphatic heterocycles. The van der Waals surface area contributed by atoms with Crippen molar-refractivity contribution in [2.24, 2.45) is 5.92 Å². The zero-order chi connectivity index (χ0) is 10.9. The van der Waals surface area contributed by atoms with Crippen molar-refractivity contribution in [3.8, 4) is 0 Å². The van der Waals surface area contributed by atoms with Crippen molar-refractivity contribution in [2.75, 3.05) is 19.8 Å². The molecular formula is C12H22O3. The second-order valence-corrected chi connectivity index (χ2v) is 4.11. The Morgan fingerprint density at radius 3 is 2.67 bits per heavy atom. The van der Waals surface area contributed by atoms with Crippen LogP contribution in [0.1, 0.15) is 45.4 Å². The topological polar surface area (TPSA) is 35.5 Å². The van der Waals surface area contributed by atoms with Gasteiger partial charge < -0.3 is 9.47 Å². The van der Waals surface area contributed by atoms with Gasteiger partial charge in [-0.1, -0.05) is 25.7 Å². The quantitative estimate of drug-likeness (QED) is 0.482. The summed E-state index contributed by atoms with van der Waals surface area (Å²) in [5, 5.41) is 0. The van der Waals surface area contributed by atoms with Crippen LogP contribution in [0.5, 0.6) is 0 Å². The largest absolute Gasteiger partial charge is 0.463 e. The molecule has 1 rings (SSSR count). The summed E-state index contributed by atoms with van der Waals surface area (Å²) in [5.74, 6) is 0.700. The Labute approximate surface area is 92.1 Å². The minimum absolute atomic E-state index is 0.0680. The molecule has 0 amide bonds. The van der Waals surface area contributed by atoms with E-state index in [-0.39, 0.29) is 5.97 Å². The molecule has 0 radical (unpaired) electrons. The summed E-state index contributed by atoms with van der Waals surface area (Å²) in [6, 6.07) is 0. The highest BCUT2D eigenvalue weighted by Crippen LogP contribution is 2.28. The summed E-state index contributed by atoms with van der Waals surface area (Å²) in [6.45, 7) is 3.53. The van der Waals surface area contributed by atoms with Crippen LogP contribution in [-0.2, 0) is 14.3 Å². The first kappa shape index (κ1) is 12.5. The number of hydrogen-bond donors (Lipinski definition) is 0. The third kappa shape index (κ3) is 5.78. The first-order valence-corrected chi connectivity index (χ1v) is 6.06. The van der Waals surface area contributed by atoms with Crippen molar-refractivity contribution >= 4 is 5.97 Å². The molecule has 3 nitrogen and oxygen atoms in total. The maximum atomic E-state index is 11.3. The van der Waals surface area contributed by atoms with Gasteiger partial charge in [0, 0.05) is 13.0 Å². The Morgan fingerprint density at radius 2 is 2.00 bits per heavy atom. The van der Waals surface area contributed by atoms with Gasteiger partial charge in [-0.3, -0.25) is 4.79 Å². The predicted octanol–water partition coefficient (Wildman–Crippen LogP) is 2.54. The van der Waals surface area contributed by atoms with E-state index in [1.165, 1.54) is 25.7 Å². The average Bonchev–Trinajstić information content (AvgIpc) is 2.74. The minimum atomic E-state index is -0.0680. The van der Waals surface area contributed by atoms with E-state index in [2.05, 4.69) is 0 Å². The molecule has 15 heavy (non-hydrogen) atoms. The second-order valence-electron chi connectivity index (χ2n) is 4.11. The molecule has 0 spiro atoms. The first-order valence-electron chi connectivity index (χ1n) is 6.06. The van der Waals surface area contributed by atoms with Gasteiger partial charge in [-0.05, 0) is 19.3 Å². The lowest BCUT2D eigenvalue weighted by atomic mass is 10.0. The third-order valence-corrected chi connectivity index (χ3v) is 2.93. The summed E-state index contributed by atoms with van der Waals surface area (Å²) in [5.41, 5.74) is 0. The number of ether oxygens (including phenoxy) is 2. The monoisotopic (exact) mass is 214 g/mol. The Balaban J connectivity index is 1.93. The molecule has 0 bridgehead atoms. The van der Waals surface area contributed by atoms with Crippen LogP contribution in [0.4, 0.5) is 0 Å². The highest BCUT2D eigenvalue weighted by Gasteiger charge is 2.16. The van der Waals surface area contributed by atoms with Gasteiger partial charge in [0.15, 0.2) is 0 Å². The molecule has 0 N–H and O–H groups in total. The fourth-order valence-electron chi connectivity index (χ4n) is 2.05. The molecule has 1 aliphatic carbocycles. The van der Waals surface area contributed by atoms with Crippen molar-refractivity contribution in [2.45, 2.75) is 45.4 Å². The van der Waals surface area contributed by atoms with E-state index < -0.39 is 0 Å². The molecule has 88 valence electrons. The van der Waals surface area contributed by atoms with Crippen LogP contribution in [0.25, 0.3) is 0 Å². The van der Waals surface area contributed by atoms with Gasteiger partial charge in [0.1, 0.15) is 6.61 Å². The second kappa shape index (κ2) is 7.69. The van der Waals surface area contributed by atoms with Crippen molar-refractivity contribution < 1.29 is 14.3 Å². The molecule has 3 heteroatoms. The fraction of sp³-hybridized carbons (Fsp3) is 0.917. The maximum absolute atomic E-state index is 11.3. The number of esters is 1. The summed E-state index contributed by atoms with van der Waals surface area (Å²) < 4.78 is 10.1. The lowest BCUT2D eigenvalue weighted by Gasteiger charge is -2.08. The lowest BCUT2D eigenvalue weighted by molar-refractivity contribution is -0.145. The van der Waals surface area contributed by atoms with E-state index in [1.54, 1.807) is 0 Å². The van der Waals surface area contributed by atoms with Crippen molar-refractivity contribution in [1.29, 1.82) is 0 Å². The van der Waals surface area contributed by atoms with Crippen molar-refractivity contribution in [3.05, 3.63) is 0 Å². The number of rotatable bonds is 7. The van der Waals surface area contributed by atoms with Crippen LogP contribution < -0.4 is 0 Å². The van der Waals surface area contributed by atoms with Gasteiger partial charge in [-0.2, -0.15) is 0 Å². The molecule has 1 aliphatic rings. The van der Waals surface area contributed by atoms with Crippen LogP contribution >= 0.6 is 0 Å². The number of carbonyl (C=O) groups is 1. The van der Waals surface area contributed by atoms with Crippen LogP contribution in [0.3, 0.4) is 0 Å². The van der Waals surface area contributed by atoms with Crippen LogP contribution in [-0.4, -0.2) is 25.8 Å². The van der Waals surface area contributed by atoms with Gasteiger partial charge >= 0.3 is 5.97 Å². The molecular weight excluding hydrogens is 192 g/mol. The standard InChI is InChI=1S/C12H22O3/c1-2-14-9-10-15-12(13)8-7-11-5-3-4-6-11/h11H,2-10H2,1H3. The highest BCUT2D eigenvalue weighted by atomic mass is 16.6. The SMILES string of the molecule is CCOCCOC(=O)CCC1CCCC1. The zero-order valence-electron chi connectivity index (χ0n) is 9.67. The zero-order valence-corrected chi connectivity index (χ0v) is 9.67. The summed E-state index contributed by atoms with van der Waals surface area (Å²) in [7, 11) is 0. The van der Waals surface area contributed by atoms with Crippen LogP contribution in [0.15, 0.2) is 0 Å². The smallest absolute Gasteiger partial charge is 0.305 e. The molecule has 0 aromatic rings. The normalized spacial score (nSPS) is 16.9. The molecule has 0 unspecified atom stereocenters. The van der Waals surface area contributed by atoms with E-state index in [0.29, 0.717) is 26.2 Å². The van der Waals surface area contributed by atoms with E-state index >= 15 is 0 Å². The molecule has 0 heterocycles. The Kier molecular flexibility index (Phi) is 6.41. The van der Waals surface area contributed by atoms with Gasteiger partial charge in [0.2, 0.25) is 0 Å². The number of carbonyl (C=O) groups excluding carboxylic acids is 1. The highest BCUT2D eigenvalue weighted by molar-refractivity contribution is 5.69. The van der Waals surface area contributed by atoms with Crippen molar-refractivity contribution in [1.82, 2.24) is 0 Å². The molecule has 0 saturated heterocycles. The first-order chi connectivity index (χ1) is 7.33. The summed E-state index contributed by atoms with van der Waals surface area (Å²) in [6.07, 6.45) is 6.86. The average molecular weight is 214 g/mol. The van der Waals surface area contributed by atoms with E-state index in [4.69, 9.17) is 9.47 Å². The molecule has 1 saturated carbocycles. The van der Waals surface area contributed by atoms with E-state index in [0.717, 1.165) is 12.3 Å². The van der Waals surface area contributed by atoms with Crippen LogP contribution in [0, 0.1) is 5.92 Å². The molecule has 0 atom stereocenters. The molecule has 1 fully saturated rings. The van der Waals surface area contributed by atoms with E-state index in [1.807, 2.05) is 6.92 Å². The van der Waals surface area contributed by atoms with Gasteiger partial charge in [0.05, 0.1) is 6.61 Å².